The summed E-state index contributed by atoms with van der Waals surface area (Å²) < 4.78 is 32.1. The van der Waals surface area contributed by atoms with E-state index in [1.165, 1.54) is 4.47 Å². The fourth-order valence-electron chi connectivity index (χ4n) is 3.31. The van der Waals surface area contributed by atoms with Crippen molar-refractivity contribution in [2.75, 3.05) is 51.8 Å². The first kappa shape index (κ1) is 20.1. The number of unbranched alkanes of at least 4 members (excludes halogenated alkanes) is 2. The Hall–Kier alpha value is -0.250. The van der Waals surface area contributed by atoms with Gasteiger partial charge >= 0.3 is 0 Å². The standard InChI is InChI=1S/C16H33N3O4S/c17-8-4-1-5-15-24(20,21)19(16-6-2-3-7-16)23-14-11-18-9-12-22-13-10-18/h16H,1-15,17H2. The molecule has 2 N–H and O–H groups in total. The summed E-state index contributed by atoms with van der Waals surface area (Å²) in [7, 11) is -3.36. The van der Waals surface area contributed by atoms with Crippen molar-refractivity contribution in [3.8, 4) is 0 Å². The molecule has 1 aliphatic carbocycles. The molecule has 1 saturated carbocycles. The van der Waals surface area contributed by atoms with Gasteiger partial charge in [-0.1, -0.05) is 23.7 Å². The molecule has 0 aromatic rings. The molecule has 24 heavy (non-hydrogen) atoms. The molecule has 2 rings (SSSR count). The Kier molecular flexibility index (Phi) is 8.93. The minimum atomic E-state index is -3.36. The van der Waals surface area contributed by atoms with Gasteiger partial charge in [-0.05, 0) is 32.2 Å². The Morgan fingerprint density at radius 1 is 1.12 bits per heavy atom. The highest BCUT2D eigenvalue weighted by molar-refractivity contribution is 7.88. The summed E-state index contributed by atoms with van der Waals surface area (Å²) in [5.41, 5.74) is 5.48. The Bertz CT molecular complexity index is 435. The highest BCUT2D eigenvalue weighted by Gasteiger charge is 2.33. The summed E-state index contributed by atoms with van der Waals surface area (Å²) in [5, 5.41) is 0. The number of nitrogens with zero attached hydrogens (tertiary/aromatic N) is 2. The lowest BCUT2D eigenvalue weighted by Crippen LogP contribution is -2.43. The zero-order valence-electron chi connectivity index (χ0n) is 14.7. The average Bonchev–Trinajstić information content (AvgIpc) is 3.10. The van der Waals surface area contributed by atoms with Crippen LogP contribution in [0.1, 0.15) is 44.9 Å². The zero-order valence-corrected chi connectivity index (χ0v) is 15.5. The second-order valence-corrected chi connectivity index (χ2v) is 8.58. The molecule has 142 valence electrons. The van der Waals surface area contributed by atoms with E-state index < -0.39 is 10.0 Å². The van der Waals surface area contributed by atoms with Crippen molar-refractivity contribution in [2.45, 2.75) is 51.0 Å². The highest BCUT2D eigenvalue weighted by Crippen LogP contribution is 2.26. The monoisotopic (exact) mass is 363 g/mol. The van der Waals surface area contributed by atoms with E-state index in [1.54, 1.807) is 0 Å². The van der Waals surface area contributed by atoms with Crippen LogP contribution in [0.2, 0.25) is 0 Å². The van der Waals surface area contributed by atoms with Crippen LogP contribution in [0.25, 0.3) is 0 Å². The lowest BCUT2D eigenvalue weighted by Gasteiger charge is -2.30. The summed E-state index contributed by atoms with van der Waals surface area (Å²) in [5.74, 6) is 0.154. The Morgan fingerprint density at radius 3 is 2.50 bits per heavy atom. The second-order valence-electron chi connectivity index (χ2n) is 6.65. The summed E-state index contributed by atoms with van der Waals surface area (Å²) in [6.45, 7) is 5.03. The smallest absolute Gasteiger partial charge is 0.236 e. The molecule has 1 aliphatic heterocycles. The molecule has 0 spiro atoms. The molecule has 0 aromatic heterocycles. The number of sulfonamides is 1. The van der Waals surface area contributed by atoms with E-state index >= 15 is 0 Å². The largest absolute Gasteiger partial charge is 0.379 e. The van der Waals surface area contributed by atoms with Crippen molar-refractivity contribution in [3.63, 3.8) is 0 Å². The minimum absolute atomic E-state index is 0.00852. The number of ether oxygens (including phenoxy) is 1. The number of hydrogen-bond donors (Lipinski definition) is 1. The molecule has 2 fully saturated rings. The third-order valence-corrected chi connectivity index (χ3v) is 6.49. The molecule has 7 nitrogen and oxygen atoms in total. The maximum Gasteiger partial charge on any atom is 0.236 e. The van der Waals surface area contributed by atoms with Crippen LogP contribution < -0.4 is 5.73 Å². The molecule has 0 amide bonds. The third kappa shape index (κ3) is 6.57. The van der Waals surface area contributed by atoms with Gasteiger partial charge in [0.25, 0.3) is 0 Å². The lowest BCUT2D eigenvalue weighted by molar-refractivity contribution is -0.118. The number of nitrogens with two attached hydrogens (primary N) is 1. The third-order valence-electron chi connectivity index (χ3n) is 4.73. The number of morpholine rings is 1. The van der Waals surface area contributed by atoms with Gasteiger partial charge in [-0.25, -0.2) is 8.42 Å². The molecule has 0 atom stereocenters. The van der Waals surface area contributed by atoms with Crippen molar-refractivity contribution >= 4 is 10.0 Å². The summed E-state index contributed by atoms with van der Waals surface area (Å²) >= 11 is 0. The number of hydroxylamine groups is 1. The normalized spacial score (nSPS) is 20.9. The molecule has 0 radical (unpaired) electrons. The SMILES string of the molecule is NCCCCCS(=O)(=O)N(OCCN1CCOCC1)C1CCCC1. The zero-order chi connectivity index (χ0) is 17.3. The molecule has 0 bridgehead atoms. The molecule has 1 saturated heterocycles. The van der Waals surface area contributed by atoms with Crippen LogP contribution in [0.5, 0.6) is 0 Å². The van der Waals surface area contributed by atoms with E-state index in [9.17, 15) is 8.42 Å². The van der Waals surface area contributed by atoms with Gasteiger partial charge in [-0.3, -0.25) is 9.74 Å². The van der Waals surface area contributed by atoms with Crippen LogP contribution in [0.3, 0.4) is 0 Å². The van der Waals surface area contributed by atoms with Gasteiger partial charge in [0.05, 0.1) is 31.6 Å². The predicted octanol–water partition coefficient (Wildman–Crippen LogP) is 0.954. The van der Waals surface area contributed by atoms with Crippen LogP contribution in [-0.2, 0) is 19.6 Å². The molecule has 1 heterocycles. The Morgan fingerprint density at radius 2 is 1.83 bits per heavy atom. The molecular formula is C16H33N3O4S. The van der Waals surface area contributed by atoms with E-state index in [2.05, 4.69) is 4.90 Å². The van der Waals surface area contributed by atoms with Gasteiger partial charge in [0.15, 0.2) is 0 Å². The van der Waals surface area contributed by atoms with Crippen molar-refractivity contribution in [3.05, 3.63) is 0 Å². The average molecular weight is 364 g/mol. The van der Waals surface area contributed by atoms with E-state index in [1.807, 2.05) is 0 Å². The first-order valence-electron chi connectivity index (χ1n) is 9.28. The van der Waals surface area contributed by atoms with Gasteiger partial charge in [0, 0.05) is 19.6 Å². The fraction of sp³-hybridized carbons (Fsp3) is 1.00. The van der Waals surface area contributed by atoms with E-state index in [4.69, 9.17) is 15.3 Å². The summed E-state index contributed by atoms with van der Waals surface area (Å²) in [6, 6.07) is 0.00852. The first-order valence-corrected chi connectivity index (χ1v) is 10.9. The highest BCUT2D eigenvalue weighted by atomic mass is 32.2. The molecule has 8 heteroatoms. The van der Waals surface area contributed by atoms with Crippen LogP contribution in [0.15, 0.2) is 0 Å². The molecule has 0 aromatic carbocycles. The van der Waals surface area contributed by atoms with Gasteiger partial charge in [0.2, 0.25) is 10.0 Å². The maximum absolute atomic E-state index is 12.7. The van der Waals surface area contributed by atoms with Crippen LogP contribution in [0, 0.1) is 0 Å². The fourth-order valence-corrected chi connectivity index (χ4v) is 4.96. The number of rotatable bonds is 11. The summed E-state index contributed by atoms with van der Waals surface area (Å²) in [4.78, 5) is 8.04. The van der Waals surface area contributed by atoms with Gasteiger partial charge in [0.1, 0.15) is 0 Å². The van der Waals surface area contributed by atoms with Crippen LogP contribution in [0.4, 0.5) is 0 Å². The van der Waals surface area contributed by atoms with Gasteiger partial charge in [-0.2, -0.15) is 0 Å². The molecular weight excluding hydrogens is 330 g/mol. The molecule has 0 unspecified atom stereocenters. The Labute approximate surface area is 146 Å². The topological polar surface area (TPSA) is 85.1 Å². The quantitative estimate of drug-likeness (QED) is 0.435. The Balaban J connectivity index is 1.83. The van der Waals surface area contributed by atoms with E-state index in [0.717, 1.165) is 71.4 Å². The maximum atomic E-state index is 12.7. The van der Waals surface area contributed by atoms with Crippen molar-refractivity contribution in [1.29, 1.82) is 0 Å². The minimum Gasteiger partial charge on any atom is -0.379 e. The lowest BCUT2D eigenvalue weighted by atomic mass is 10.2. The van der Waals surface area contributed by atoms with Crippen molar-refractivity contribution in [2.24, 2.45) is 5.73 Å². The number of hydrogen-bond acceptors (Lipinski definition) is 6. The predicted molar refractivity (Wildman–Crippen MR) is 94.0 cm³/mol. The van der Waals surface area contributed by atoms with Gasteiger partial charge < -0.3 is 10.5 Å². The summed E-state index contributed by atoms with van der Waals surface area (Å²) in [6.07, 6.45) is 6.33. The van der Waals surface area contributed by atoms with Crippen LogP contribution >= 0.6 is 0 Å². The first-order chi connectivity index (χ1) is 11.6. The molecule has 2 aliphatic rings. The van der Waals surface area contributed by atoms with Crippen LogP contribution in [-0.4, -0.2) is 75.6 Å². The second kappa shape index (κ2) is 10.7. The van der Waals surface area contributed by atoms with E-state index in [0.29, 0.717) is 19.6 Å². The van der Waals surface area contributed by atoms with Crippen molar-refractivity contribution < 1.29 is 18.0 Å². The van der Waals surface area contributed by atoms with Crippen molar-refractivity contribution in [1.82, 2.24) is 9.37 Å². The van der Waals surface area contributed by atoms with E-state index in [-0.39, 0.29) is 11.8 Å². The van der Waals surface area contributed by atoms with Gasteiger partial charge in [-0.15, -0.1) is 0 Å².